The lowest BCUT2D eigenvalue weighted by Gasteiger charge is -2.35. The number of benzene rings is 1. The minimum Gasteiger partial charge on any atom is -0.333 e. The molecule has 2 heterocycles. The molecule has 1 aromatic rings. The van der Waals surface area contributed by atoms with E-state index < -0.39 is 0 Å². The standard InChI is InChI=1S/C15H18Cl2N2O/c1-15(2)11-7-18-6-9(11)8-19(15)14(20)10-4-3-5-12(16)13(10)17/h3-5,9,11,18H,6-8H2,1-2H3. The van der Waals surface area contributed by atoms with Gasteiger partial charge in [-0.15, -0.1) is 0 Å². The second kappa shape index (κ2) is 4.90. The molecule has 1 N–H and O–H groups in total. The second-order valence-corrected chi connectivity index (χ2v) is 6.98. The molecular formula is C15H18Cl2N2O. The van der Waals surface area contributed by atoms with E-state index >= 15 is 0 Å². The Kier molecular flexibility index (Phi) is 3.47. The number of hydrogen-bond acceptors (Lipinski definition) is 2. The quantitative estimate of drug-likeness (QED) is 0.864. The molecular weight excluding hydrogens is 295 g/mol. The molecule has 2 fully saturated rings. The summed E-state index contributed by atoms with van der Waals surface area (Å²) in [5.74, 6) is 1.02. The Labute approximate surface area is 129 Å². The maximum absolute atomic E-state index is 12.8. The molecule has 2 saturated heterocycles. The molecule has 0 aromatic heterocycles. The number of hydrogen-bond donors (Lipinski definition) is 1. The molecule has 3 nitrogen and oxygen atoms in total. The highest BCUT2D eigenvalue weighted by Crippen LogP contribution is 2.42. The van der Waals surface area contributed by atoms with E-state index in [9.17, 15) is 4.79 Å². The van der Waals surface area contributed by atoms with Crippen LogP contribution in [0.15, 0.2) is 18.2 Å². The average molecular weight is 313 g/mol. The third-order valence-electron chi connectivity index (χ3n) is 4.79. The number of amides is 1. The lowest BCUT2D eigenvalue weighted by atomic mass is 9.84. The first kappa shape index (κ1) is 14.2. The largest absolute Gasteiger partial charge is 0.333 e. The highest BCUT2D eigenvalue weighted by molar-refractivity contribution is 6.43. The van der Waals surface area contributed by atoms with Crippen LogP contribution in [-0.2, 0) is 0 Å². The van der Waals surface area contributed by atoms with Crippen molar-refractivity contribution in [3.05, 3.63) is 33.8 Å². The van der Waals surface area contributed by atoms with Crippen molar-refractivity contribution in [2.24, 2.45) is 11.8 Å². The van der Waals surface area contributed by atoms with Gasteiger partial charge in [0.2, 0.25) is 0 Å². The van der Waals surface area contributed by atoms with Gasteiger partial charge < -0.3 is 10.2 Å². The van der Waals surface area contributed by atoms with E-state index in [-0.39, 0.29) is 11.4 Å². The Balaban J connectivity index is 1.93. The van der Waals surface area contributed by atoms with Crippen molar-refractivity contribution in [3.8, 4) is 0 Å². The molecule has 2 aliphatic rings. The molecule has 0 bridgehead atoms. The van der Waals surface area contributed by atoms with Gasteiger partial charge in [-0.2, -0.15) is 0 Å². The fourth-order valence-electron chi connectivity index (χ4n) is 3.58. The zero-order valence-corrected chi connectivity index (χ0v) is 13.1. The highest BCUT2D eigenvalue weighted by Gasteiger charge is 2.51. The molecule has 0 radical (unpaired) electrons. The zero-order chi connectivity index (χ0) is 14.5. The average Bonchev–Trinajstić information content (AvgIpc) is 2.95. The van der Waals surface area contributed by atoms with E-state index in [0.717, 1.165) is 19.6 Å². The van der Waals surface area contributed by atoms with Gasteiger partial charge in [-0.3, -0.25) is 4.79 Å². The number of rotatable bonds is 1. The highest BCUT2D eigenvalue weighted by atomic mass is 35.5. The number of carbonyl (C=O) groups excluding carboxylic acids is 1. The van der Waals surface area contributed by atoms with Crippen molar-refractivity contribution < 1.29 is 4.79 Å². The van der Waals surface area contributed by atoms with Crippen molar-refractivity contribution in [2.45, 2.75) is 19.4 Å². The lowest BCUT2D eigenvalue weighted by Crippen LogP contribution is -2.47. The van der Waals surface area contributed by atoms with Gasteiger partial charge in [0, 0.05) is 25.2 Å². The van der Waals surface area contributed by atoms with Crippen LogP contribution in [0.4, 0.5) is 0 Å². The van der Waals surface area contributed by atoms with Crippen LogP contribution in [0.5, 0.6) is 0 Å². The maximum Gasteiger partial charge on any atom is 0.255 e. The zero-order valence-electron chi connectivity index (χ0n) is 11.6. The van der Waals surface area contributed by atoms with Crippen molar-refractivity contribution >= 4 is 29.1 Å². The number of nitrogens with zero attached hydrogens (tertiary/aromatic N) is 1. The number of nitrogens with one attached hydrogen (secondary N) is 1. The first-order chi connectivity index (χ1) is 9.43. The summed E-state index contributed by atoms with van der Waals surface area (Å²) in [5.41, 5.74) is 0.344. The minimum absolute atomic E-state index is 0.0168. The van der Waals surface area contributed by atoms with E-state index in [4.69, 9.17) is 23.2 Å². The van der Waals surface area contributed by atoms with Crippen molar-refractivity contribution in [3.63, 3.8) is 0 Å². The first-order valence-corrected chi connectivity index (χ1v) is 7.65. The normalized spacial score (nSPS) is 27.7. The summed E-state index contributed by atoms with van der Waals surface area (Å²) in [6.07, 6.45) is 0. The molecule has 0 spiro atoms. The summed E-state index contributed by atoms with van der Waals surface area (Å²) in [4.78, 5) is 14.8. The van der Waals surface area contributed by atoms with Crippen LogP contribution in [0.1, 0.15) is 24.2 Å². The monoisotopic (exact) mass is 312 g/mol. The number of carbonyl (C=O) groups is 1. The van der Waals surface area contributed by atoms with Gasteiger partial charge in [0.1, 0.15) is 0 Å². The molecule has 108 valence electrons. The van der Waals surface area contributed by atoms with Gasteiger partial charge in [0.05, 0.1) is 15.6 Å². The summed E-state index contributed by atoms with van der Waals surface area (Å²) in [5, 5.41) is 4.19. The Hall–Kier alpha value is -0.770. The van der Waals surface area contributed by atoms with Gasteiger partial charge in [-0.25, -0.2) is 0 Å². The van der Waals surface area contributed by atoms with Gasteiger partial charge in [0.25, 0.3) is 5.91 Å². The van der Waals surface area contributed by atoms with Crippen LogP contribution >= 0.6 is 23.2 Å². The van der Waals surface area contributed by atoms with Crippen LogP contribution in [0.3, 0.4) is 0 Å². The fourth-order valence-corrected chi connectivity index (χ4v) is 3.96. The van der Waals surface area contributed by atoms with Crippen molar-refractivity contribution in [2.75, 3.05) is 19.6 Å². The molecule has 20 heavy (non-hydrogen) atoms. The van der Waals surface area contributed by atoms with Crippen LogP contribution in [0.2, 0.25) is 10.0 Å². The Bertz CT molecular complexity index is 559. The summed E-state index contributed by atoms with van der Waals surface area (Å²) in [6, 6.07) is 5.22. The van der Waals surface area contributed by atoms with Crippen LogP contribution in [0, 0.1) is 11.8 Å². The third-order valence-corrected chi connectivity index (χ3v) is 5.61. The van der Waals surface area contributed by atoms with E-state index in [1.165, 1.54) is 0 Å². The van der Waals surface area contributed by atoms with Gasteiger partial charge in [-0.05, 0) is 37.8 Å². The molecule has 2 atom stereocenters. The Morgan fingerprint density at radius 1 is 1.35 bits per heavy atom. The van der Waals surface area contributed by atoms with E-state index in [2.05, 4.69) is 19.2 Å². The first-order valence-electron chi connectivity index (χ1n) is 6.89. The van der Waals surface area contributed by atoms with Crippen molar-refractivity contribution in [1.82, 2.24) is 10.2 Å². The van der Waals surface area contributed by atoms with E-state index in [0.29, 0.717) is 27.4 Å². The van der Waals surface area contributed by atoms with E-state index in [1.807, 2.05) is 4.90 Å². The molecule has 0 aliphatic carbocycles. The van der Waals surface area contributed by atoms with Crippen LogP contribution in [-0.4, -0.2) is 36.0 Å². The van der Waals surface area contributed by atoms with Gasteiger partial charge in [-0.1, -0.05) is 29.3 Å². The summed E-state index contributed by atoms with van der Waals surface area (Å²) in [6.45, 7) is 7.03. The van der Waals surface area contributed by atoms with Crippen molar-refractivity contribution in [1.29, 1.82) is 0 Å². The fraction of sp³-hybridized carbons (Fsp3) is 0.533. The topological polar surface area (TPSA) is 32.3 Å². The molecule has 2 unspecified atom stereocenters. The molecule has 2 aliphatic heterocycles. The maximum atomic E-state index is 12.8. The SMILES string of the molecule is CC1(C)C2CNCC2CN1C(=O)c1cccc(Cl)c1Cl. The van der Waals surface area contributed by atoms with E-state index in [1.54, 1.807) is 18.2 Å². The molecule has 5 heteroatoms. The second-order valence-electron chi connectivity index (χ2n) is 6.20. The third kappa shape index (κ3) is 2.03. The number of fused-ring (bicyclic) bond motifs is 1. The summed E-state index contributed by atoms with van der Waals surface area (Å²) >= 11 is 12.2. The van der Waals surface area contributed by atoms with Crippen LogP contribution < -0.4 is 5.32 Å². The minimum atomic E-state index is -0.156. The van der Waals surface area contributed by atoms with Gasteiger partial charge in [0.15, 0.2) is 0 Å². The van der Waals surface area contributed by atoms with Gasteiger partial charge >= 0.3 is 0 Å². The molecule has 1 amide bonds. The molecule has 0 saturated carbocycles. The summed E-state index contributed by atoms with van der Waals surface area (Å²) in [7, 11) is 0. The smallest absolute Gasteiger partial charge is 0.255 e. The summed E-state index contributed by atoms with van der Waals surface area (Å²) < 4.78 is 0. The predicted molar refractivity (Wildman–Crippen MR) is 81.4 cm³/mol. The van der Waals surface area contributed by atoms with Crippen LogP contribution in [0.25, 0.3) is 0 Å². The lowest BCUT2D eigenvalue weighted by molar-refractivity contribution is 0.0603. The number of likely N-dealkylation sites (tertiary alicyclic amines) is 1. The number of halogens is 2. The molecule has 3 rings (SSSR count). The molecule has 1 aromatic carbocycles. The Morgan fingerprint density at radius 2 is 2.10 bits per heavy atom. The Morgan fingerprint density at radius 3 is 2.80 bits per heavy atom. The predicted octanol–water partition coefficient (Wildman–Crippen LogP) is 3.06.